The molecule has 26 heavy (non-hydrogen) atoms. The summed E-state index contributed by atoms with van der Waals surface area (Å²) in [7, 11) is 6.23. The molecule has 0 spiro atoms. The normalized spacial score (nSPS) is 15.8. The SMILES string of the molecule is COc1ccc(C2=[NH+]OC(c3cc(OC)c(OC)c(OC)c3)C2)cc1O. The van der Waals surface area contributed by atoms with Gasteiger partial charge in [0.25, 0.3) is 0 Å². The number of phenolic OH excluding ortho intramolecular Hbond substituents is 1. The predicted molar refractivity (Wildman–Crippen MR) is 94.3 cm³/mol. The zero-order valence-electron chi connectivity index (χ0n) is 15.2. The summed E-state index contributed by atoms with van der Waals surface area (Å²) in [5.41, 5.74) is 2.58. The average molecular weight is 360 g/mol. The van der Waals surface area contributed by atoms with Crippen LogP contribution in [0.5, 0.6) is 28.7 Å². The first-order chi connectivity index (χ1) is 12.6. The van der Waals surface area contributed by atoms with Crippen molar-refractivity contribution in [2.24, 2.45) is 0 Å². The maximum absolute atomic E-state index is 9.98. The number of aromatic hydroxyl groups is 1. The molecule has 0 saturated heterocycles. The lowest BCUT2D eigenvalue weighted by molar-refractivity contribution is -0.754. The van der Waals surface area contributed by atoms with Gasteiger partial charge in [-0.05, 0) is 35.5 Å². The number of rotatable bonds is 6. The molecule has 1 unspecified atom stereocenters. The van der Waals surface area contributed by atoms with Crippen molar-refractivity contribution < 1.29 is 34.0 Å². The average Bonchev–Trinajstić information content (AvgIpc) is 3.16. The minimum absolute atomic E-state index is 0.0792. The molecule has 0 fully saturated rings. The highest BCUT2D eigenvalue weighted by Crippen LogP contribution is 2.41. The van der Waals surface area contributed by atoms with E-state index in [9.17, 15) is 5.11 Å². The third kappa shape index (κ3) is 3.20. The summed E-state index contributed by atoms with van der Waals surface area (Å²) in [6.07, 6.45) is 0.368. The molecule has 2 aromatic rings. The second-order valence-corrected chi connectivity index (χ2v) is 5.74. The monoisotopic (exact) mass is 360 g/mol. The Morgan fingerprint density at radius 1 is 0.923 bits per heavy atom. The number of hydrogen-bond donors (Lipinski definition) is 2. The van der Waals surface area contributed by atoms with Crippen molar-refractivity contribution in [1.82, 2.24) is 0 Å². The molecular formula is C19H22NO6+. The first-order valence-electron chi connectivity index (χ1n) is 8.06. The molecule has 0 amide bonds. The van der Waals surface area contributed by atoms with Crippen LogP contribution in [-0.4, -0.2) is 39.3 Å². The standard InChI is InChI=1S/C19H21NO6/c1-22-15-6-5-11(7-14(15)21)13-10-16(26-20-13)12-8-17(23-2)19(25-4)18(9-12)24-3/h5-9,16,21H,10H2,1-4H3/p+1. The molecule has 1 atom stereocenters. The Balaban J connectivity index is 1.85. The van der Waals surface area contributed by atoms with Gasteiger partial charge in [0.15, 0.2) is 23.0 Å². The van der Waals surface area contributed by atoms with E-state index in [1.807, 2.05) is 18.2 Å². The van der Waals surface area contributed by atoms with E-state index in [-0.39, 0.29) is 11.9 Å². The van der Waals surface area contributed by atoms with Crippen LogP contribution in [0.3, 0.4) is 0 Å². The highest BCUT2D eigenvalue weighted by atomic mass is 16.6. The number of nitrogens with one attached hydrogen (secondary N) is 1. The van der Waals surface area contributed by atoms with E-state index >= 15 is 0 Å². The largest absolute Gasteiger partial charge is 0.504 e. The maximum atomic E-state index is 9.98. The molecule has 2 aromatic carbocycles. The molecule has 2 N–H and O–H groups in total. The number of phenols is 1. The van der Waals surface area contributed by atoms with Crippen LogP contribution in [0.2, 0.25) is 0 Å². The topological polar surface area (TPSA) is 80.4 Å². The smallest absolute Gasteiger partial charge is 0.236 e. The number of methoxy groups -OCH3 is 4. The molecule has 138 valence electrons. The Kier molecular flexibility index (Phi) is 5.06. The van der Waals surface area contributed by atoms with Gasteiger partial charge >= 0.3 is 0 Å². The predicted octanol–water partition coefficient (Wildman–Crippen LogP) is 1.37. The first-order valence-corrected chi connectivity index (χ1v) is 8.06. The van der Waals surface area contributed by atoms with Crippen LogP contribution < -0.4 is 24.1 Å². The Hall–Kier alpha value is -3.09. The number of benzene rings is 2. The van der Waals surface area contributed by atoms with E-state index in [1.165, 1.54) is 7.11 Å². The highest BCUT2D eigenvalue weighted by molar-refractivity contribution is 5.97. The molecule has 0 aliphatic carbocycles. The molecular weight excluding hydrogens is 338 g/mol. The van der Waals surface area contributed by atoms with Crippen molar-refractivity contribution in [3.05, 3.63) is 41.5 Å². The number of hydrogen-bond acceptors (Lipinski definition) is 6. The molecule has 7 nitrogen and oxygen atoms in total. The minimum Gasteiger partial charge on any atom is -0.504 e. The summed E-state index contributed by atoms with van der Waals surface area (Å²) in [5, 5.41) is 12.9. The molecule has 7 heteroatoms. The van der Waals surface area contributed by atoms with Crippen molar-refractivity contribution in [2.45, 2.75) is 12.5 Å². The lowest BCUT2D eigenvalue weighted by Gasteiger charge is -2.15. The molecule has 0 bridgehead atoms. The zero-order valence-corrected chi connectivity index (χ0v) is 15.2. The summed E-state index contributed by atoms with van der Waals surface area (Å²) < 4.78 is 21.2. The minimum atomic E-state index is -0.233. The van der Waals surface area contributed by atoms with E-state index in [1.54, 1.807) is 33.5 Å². The Bertz CT molecular complexity index is 808. The van der Waals surface area contributed by atoms with Crippen molar-refractivity contribution in [1.29, 1.82) is 0 Å². The highest BCUT2D eigenvalue weighted by Gasteiger charge is 2.32. The fourth-order valence-corrected chi connectivity index (χ4v) is 2.94. The van der Waals surface area contributed by atoms with Gasteiger partial charge < -0.3 is 24.1 Å². The summed E-state index contributed by atoms with van der Waals surface area (Å²) in [4.78, 5) is 5.72. The maximum Gasteiger partial charge on any atom is 0.236 e. The molecule has 1 aliphatic rings. The van der Waals surface area contributed by atoms with Crippen LogP contribution in [-0.2, 0) is 4.84 Å². The van der Waals surface area contributed by atoms with E-state index < -0.39 is 0 Å². The van der Waals surface area contributed by atoms with Gasteiger partial charge in [0.1, 0.15) is 0 Å². The quantitative estimate of drug-likeness (QED) is 0.810. The van der Waals surface area contributed by atoms with Crippen molar-refractivity contribution in [3.8, 4) is 28.7 Å². The fraction of sp³-hybridized carbons (Fsp3) is 0.316. The fourth-order valence-electron chi connectivity index (χ4n) is 2.94. The molecule has 0 aromatic heterocycles. The first kappa shape index (κ1) is 17.7. The van der Waals surface area contributed by atoms with Crippen LogP contribution in [0.1, 0.15) is 23.7 Å². The van der Waals surface area contributed by atoms with E-state index in [0.717, 1.165) is 16.8 Å². The van der Waals surface area contributed by atoms with Gasteiger partial charge in [0, 0.05) is 11.1 Å². The zero-order chi connectivity index (χ0) is 18.7. The lowest BCUT2D eigenvalue weighted by Crippen LogP contribution is -2.68. The Morgan fingerprint density at radius 2 is 1.58 bits per heavy atom. The molecule has 0 radical (unpaired) electrons. The lowest BCUT2D eigenvalue weighted by atomic mass is 9.99. The Morgan fingerprint density at radius 3 is 2.12 bits per heavy atom. The van der Waals surface area contributed by atoms with E-state index in [2.05, 4.69) is 5.16 Å². The molecule has 1 aliphatic heterocycles. The van der Waals surface area contributed by atoms with Gasteiger partial charge in [-0.25, -0.2) is 0 Å². The summed E-state index contributed by atoms with van der Waals surface area (Å²) in [5.74, 6) is 2.18. The van der Waals surface area contributed by atoms with Crippen LogP contribution in [0.15, 0.2) is 30.3 Å². The summed E-state index contributed by atoms with van der Waals surface area (Å²) >= 11 is 0. The van der Waals surface area contributed by atoms with Gasteiger partial charge in [-0.2, -0.15) is 0 Å². The van der Waals surface area contributed by atoms with E-state index in [4.69, 9.17) is 23.8 Å². The molecule has 3 rings (SSSR count). The third-order valence-corrected chi connectivity index (χ3v) is 4.30. The molecule has 0 saturated carbocycles. The van der Waals surface area contributed by atoms with Crippen molar-refractivity contribution in [3.63, 3.8) is 0 Å². The summed E-state index contributed by atoms with van der Waals surface area (Å²) in [6.45, 7) is 0. The van der Waals surface area contributed by atoms with Gasteiger partial charge in [-0.3, -0.25) is 4.84 Å². The van der Waals surface area contributed by atoms with Gasteiger partial charge in [0.05, 0.1) is 34.9 Å². The number of ether oxygens (including phenoxy) is 4. The third-order valence-electron chi connectivity index (χ3n) is 4.30. The second-order valence-electron chi connectivity index (χ2n) is 5.74. The second kappa shape index (κ2) is 7.43. The van der Waals surface area contributed by atoms with Gasteiger partial charge in [-0.15, -0.1) is 0 Å². The van der Waals surface area contributed by atoms with Crippen LogP contribution in [0, 0.1) is 0 Å². The van der Waals surface area contributed by atoms with Crippen molar-refractivity contribution in [2.75, 3.05) is 28.4 Å². The van der Waals surface area contributed by atoms with Gasteiger partial charge in [-0.1, -0.05) is 0 Å². The molecule has 1 heterocycles. The Labute approximate surface area is 151 Å². The van der Waals surface area contributed by atoms with E-state index in [0.29, 0.717) is 29.4 Å². The van der Waals surface area contributed by atoms with Crippen LogP contribution in [0.4, 0.5) is 0 Å². The summed E-state index contributed by atoms with van der Waals surface area (Å²) in [6, 6.07) is 8.94. The van der Waals surface area contributed by atoms with Crippen LogP contribution in [0.25, 0.3) is 0 Å². The van der Waals surface area contributed by atoms with Crippen molar-refractivity contribution >= 4 is 5.71 Å². The van der Waals surface area contributed by atoms with Crippen LogP contribution >= 0.6 is 0 Å². The van der Waals surface area contributed by atoms with Gasteiger partial charge in [0.2, 0.25) is 17.6 Å².